The number of hydrogen-bond acceptors (Lipinski definition) is 4. The number of nitrogens with one attached hydrogen (secondary N) is 2. The molecule has 2 aromatic rings. The third kappa shape index (κ3) is 4.58. The zero-order valence-corrected chi connectivity index (χ0v) is 12.9. The molecule has 0 unspecified atom stereocenters. The minimum absolute atomic E-state index is 0.117. The molecule has 1 aromatic heterocycles. The first kappa shape index (κ1) is 15.5. The van der Waals surface area contributed by atoms with Crippen LogP contribution in [0.25, 0.3) is 0 Å². The number of aromatic nitrogens is 2. The second-order valence-electron chi connectivity index (χ2n) is 4.42. The number of benzene rings is 1. The maximum absolute atomic E-state index is 11.9. The second kappa shape index (κ2) is 7.24. The lowest BCUT2D eigenvalue weighted by atomic mass is 10.1. The summed E-state index contributed by atoms with van der Waals surface area (Å²) in [5.41, 5.74) is 2.33. The maximum atomic E-state index is 11.9. The van der Waals surface area contributed by atoms with Crippen molar-refractivity contribution in [2.45, 2.75) is 6.92 Å². The molecule has 0 saturated carbocycles. The molecule has 2 rings (SSSR count). The first-order chi connectivity index (χ1) is 10.1. The Morgan fingerprint density at radius 2 is 1.86 bits per heavy atom. The number of carbonyl (C=O) groups excluding carboxylic acids is 1. The van der Waals surface area contributed by atoms with Gasteiger partial charge in [-0.05, 0) is 19.1 Å². The third-order valence-electron chi connectivity index (χ3n) is 2.76. The fraction of sp³-hybridized carbons (Fsp3) is 0.214. The van der Waals surface area contributed by atoms with Gasteiger partial charge in [-0.1, -0.05) is 40.9 Å². The molecule has 0 fully saturated rings. The molecule has 7 heteroatoms. The van der Waals surface area contributed by atoms with E-state index in [4.69, 9.17) is 23.2 Å². The van der Waals surface area contributed by atoms with Crippen LogP contribution in [0.15, 0.2) is 30.3 Å². The Bertz CT molecular complexity index is 631. The molecule has 1 amide bonds. The predicted octanol–water partition coefficient (Wildman–Crippen LogP) is 2.93. The summed E-state index contributed by atoms with van der Waals surface area (Å²) in [7, 11) is 0. The molecule has 1 heterocycles. The van der Waals surface area contributed by atoms with Gasteiger partial charge in [-0.15, -0.1) is 10.2 Å². The van der Waals surface area contributed by atoms with E-state index in [1.165, 1.54) is 0 Å². The molecule has 0 radical (unpaired) electrons. The van der Waals surface area contributed by atoms with Crippen molar-refractivity contribution in [2.24, 2.45) is 0 Å². The quantitative estimate of drug-likeness (QED) is 0.830. The summed E-state index contributed by atoms with van der Waals surface area (Å²) in [5.74, 6) is -0.117. The van der Waals surface area contributed by atoms with Crippen molar-refractivity contribution in [3.05, 3.63) is 51.8 Å². The minimum Gasteiger partial charge on any atom is -0.381 e. The van der Waals surface area contributed by atoms with E-state index < -0.39 is 0 Å². The average Bonchev–Trinajstić information content (AvgIpc) is 2.47. The van der Waals surface area contributed by atoms with Crippen LogP contribution >= 0.6 is 23.2 Å². The Morgan fingerprint density at radius 1 is 1.14 bits per heavy atom. The molecule has 1 aromatic carbocycles. The molecule has 0 atom stereocenters. The third-order valence-corrected chi connectivity index (χ3v) is 3.22. The Hall–Kier alpha value is -1.85. The highest BCUT2D eigenvalue weighted by atomic mass is 35.5. The number of hydrogen-bond donors (Lipinski definition) is 2. The Labute approximate surface area is 132 Å². The predicted molar refractivity (Wildman–Crippen MR) is 84.1 cm³/mol. The summed E-state index contributed by atoms with van der Waals surface area (Å²) in [6.45, 7) is 2.92. The van der Waals surface area contributed by atoms with Crippen LogP contribution in [-0.4, -0.2) is 29.2 Å². The van der Waals surface area contributed by atoms with Crippen LogP contribution in [0.4, 0.5) is 5.69 Å². The molecule has 0 aliphatic rings. The Morgan fingerprint density at radius 3 is 2.57 bits per heavy atom. The lowest BCUT2D eigenvalue weighted by Crippen LogP contribution is -2.28. The number of rotatable bonds is 5. The fourth-order valence-electron chi connectivity index (χ4n) is 1.66. The van der Waals surface area contributed by atoms with E-state index in [0.717, 1.165) is 5.56 Å². The van der Waals surface area contributed by atoms with Crippen molar-refractivity contribution in [1.82, 2.24) is 15.5 Å². The van der Waals surface area contributed by atoms with Gasteiger partial charge in [0.25, 0.3) is 5.91 Å². The first-order valence-corrected chi connectivity index (χ1v) is 7.09. The summed E-state index contributed by atoms with van der Waals surface area (Å²) in [5, 5.41) is 13.6. The minimum atomic E-state index is -0.117. The van der Waals surface area contributed by atoms with E-state index in [1.54, 1.807) is 18.2 Å². The number of aryl methyl sites for hydroxylation is 1. The number of anilines is 1. The van der Waals surface area contributed by atoms with Crippen molar-refractivity contribution in [1.29, 1.82) is 0 Å². The van der Waals surface area contributed by atoms with E-state index in [-0.39, 0.29) is 16.2 Å². The van der Waals surface area contributed by atoms with Crippen molar-refractivity contribution >= 4 is 34.8 Å². The van der Waals surface area contributed by atoms with Gasteiger partial charge in [0.2, 0.25) is 0 Å². The molecule has 0 aliphatic heterocycles. The van der Waals surface area contributed by atoms with Crippen LogP contribution in [0.5, 0.6) is 0 Å². The van der Waals surface area contributed by atoms with E-state index in [0.29, 0.717) is 24.3 Å². The van der Waals surface area contributed by atoms with Crippen LogP contribution < -0.4 is 10.6 Å². The van der Waals surface area contributed by atoms with Gasteiger partial charge in [0.15, 0.2) is 10.3 Å². The van der Waals surface area contributed by atoms with Gasteiger partial charge >= 0.3 is 0 Å². The maximum Gasteiger partial charge on any atom is 0.251 e. The highest BCUT2D eigenvalue weighted by Gasteiger charge is 2.05. The van der Waals surface area contributed by atoms with Crippen LogP contribution in [0.1, 0.15) is 15.9 Å². The number of nitrogens with zero attached hydrogens (tertiary/aromatic N) is 2. The zero-order valence-electron chi connectivity index (χ0n) is 11.4. The molecule has 110 valence electrons. The highest BCUT2D eigenvalue weighted by molar-refractivity contribution is 6.33. The smallest absolute Gasteiger partial charge is 0.251 e. The second-order valence-corrected chi connectivity index (χ2v) is 5.17. The topological polar surface area (TPSA) is 66.9 Å². The summed E-state index contributed by atoms with van der Waals surface area (Å²) in [6, 6.07) is 8.97. The van der Waals surface area contributed by atoms with Crippen LogP contribution in [-0.2, 0) is 0 Å². The molecular formula is C14H14Cl2N4O. The largest absolute Gasteiger partial charge is 0.381 e. The monoisotopic (exact) mass is 324 g/mol. The molecule has 5 nitrogen and oxygen atoms in total. The van der Waals surface area contributed by atoms with Crippen molar-refractivity contribution in [2.75, 3.05) is 18.4 Å². The van der Waals surface area contributed by atoms with Gasteiger partial charge in [-0.3, -0.25) is 4.79 Å². The number of halogens is 2. The normalized spacial score (nSPS) is 10.2. The molecule has 0 bridgehead atoms. The Balaban J connectivity index is 1.80. The van der Waals surface area contributed by atoms with E-state index in [1.807, 2.05) is 19.1 Å². The lowest BCUT2D eigenvalue weighted by molar-refractivity contribution is 0.0955. The van der Waals surface area contributed by atoms with Crippen molar-refractivity contribution in [3.8, 4) is 0 Å². The standard InChI is InChI=1S/C14H14Cl2N4O/c1-9-2-4-10(5-3-9)14(21)18-7-6-17-11-8-12(15)19-20-13(11)16/h2-5,8H,6-7H2,1H3,(H,17,19)(H,18,21). The number of carbonyl (C=O) groups is 1. The van der Waals surface area contributed by atoms with Gasteiger partial charge in [0.1, 0.15) is 0 Å². The summed E-state index contributed by atoms with van der Waals surface area (Å²) in [4.78, 5) is 11.9. The van der Waals surface area contributed by atoms with E-state index in [9.17, 15) is 4.79 Å². The van der Waals surface area contributed by atoms with Crippen LogP contribution in [0.2, 0.25) is 10.3 Å². The Kier molecular flexibility index (Phi) is 5.36. The van der Waals surface area contributed by atoms with Crippen molar-refractivity contribution < 1.29 is 4.79 Å². The average molecular weight is 325 g/mol. The highest BCUT2D eigenvalue weighted by Crippen LogP contribution is 2.20. The molecule has 0 spiro atoms. The fourth-order valence-corrected chi connectivity index (χ4v) is 1.96. The van der Waals surface area contributed by atoms with Crippen LogP contribution in [0, 0.1) is 6.92 Å². The van der Waals surface area contributed by atoms with Gasteiger partial charge in [-0.2, -0.15) is 0 Å². The van der Waals surface area contributed by atoms with Gasteiger partial charge in [-0.25, -0.2) is 0 Å². The van der Waals surface area contributed by atoms with Crippen LogP contribution in [0.3, 0.4) is 0 Å². The summed E-state index contributed by atoms with van der Waals surface area (Å²) < 4.78 is 0. The summed E-state index contributed by atoms with van der Waals surface area (Å²) in [6.07, 6.45) is 0. The molecule has 0 saturated heterocycles. The van der Waals surface area contributed by atoms with Gasteiger partial charge in [0.05, 0.1) is 5.69 Å². The summed E-state index contributed by atoms with van der Waals surface area (Å²) >= 11 is 11.6. The van der Waals surface area contributed by atoms with E-state index >= 15 is 0 Å². The SMILES string of the molecule is Cc1ccc(C(=O)NCCNc2cc(Cl)nnc2Cl)cc1. The zero-order chi connectivity index (χ0) is 15.2. The van der Waals surface area contributed by atoms with E-state index in [2.05, 4.69) is 20.8 Å². The van der Waals surface area contributed by atoms with Gasteiger partial charge in [0, 0.05) is 24.7 Å². The van der Waals surface area contributed by atoms with Gasteiger partial charge < -0.3 is 10.6 Å². The number of amides is 1. The first-order valence-electron chi connectivity index (χ1n) is 6.34. The molecule has 2 N–H and O–H groups in total. The lowest BCUT2D eigenvalue weighted by Gasteiger charge is -2.09. The molecular weight excluding hydrogens is 311 g/mol. The molecule has 21 heavy (non-hydrogen) atoms. The van der Waals surface area contributed by atoms with Crippen molar-refractivity contribution in [3.63, 3.8) is 0 Å². The molecule has 0 aliphatic carbocycles.